The van der Waals surface area contributed by atoms with E-state index < -0.39 is 0 Å². The molecule has 1 aromatic carbocycles. The number of aryl methyl sites for hydroxylation is 2. The zero-order valence-electron chi connectivity index (χ0n) is 16.7. The van der Waals surface area contributed by atoms with Crippen LogP contribution in [0, 0.1) is 13.8 Å². The van der Waals surface area contributed by atoms with Crippen molar-refractivity contribution in [1.82, 2.24) is 9.97 Å². The van der Waals surface area contributed by atoms with E-state index in [0.717, 1.165) is 40.3 Å². The second-order valence-electron chi connectivity index (χ2n) is 5.77. The Balaban J connectivity index is -0.000000607. The van der Waals surface area contributed by atoms with Crippen LogP contribution >= 0.6 is 49.6 Å². The Kier molecular flexibility index (Phi) is 23.7. The van der Waals surface area contributed by atoms with Crippen LogP contribution in [0.4, 0.5) is 11.4 Å². The van der Waals surface area contributed by atoms with Gasteiger partial charge in [0.25, 0.3) is 0 Å². The van der Waals surface area contributed by atoms with E-state index in [0.29, 0.717) is 0 Å². The third-order valence-electron chi connectivity index (χ3n) is 3.80. The van der Waals surface area contributed by atoms with Crippen molar-refractivity contribution < 1.29 is 33.0 Å². The molecule has 0 unspecified atom stereocenters. The summed E-state index contributed by atoms with van der Waals surface area (Å²) >= 11 is 0. The van der Waals surface area contributed by atoms with Gasteiger partial charge in [-0.25, -0.2) is 0 Å². The maximum atomic E-state index is 4.59. The molecule has 0 amide bonds. The van der Waals surface area contributed by atoms with E-state index in [2.05, 4.69) is 32.1 Å². The molecular formula is C21H24Cl4N4Ni2. The van der Waals surface area contributed by atoms with E-state index in [1.54, 1.807) is 18.6 Å². The van der Waals surface area contributed by atoms with Gasteiger partial charge in [0.2, 0.25) is 0 Å². The van der Waals surface area contributed by atoms with Crippen LogP contribution in [-0.2, 0) is 39.4 Å². The van der Waals surface area contributed by atoms with Gasteiger partial charge in [-0.3, -0.25) is 20.0 Å². The molecule has 0 saturated carbocycles. The molecule has 3 aromatic rings. The van der Waals surface area contributed by atoms with E-state index in [-0.39, 0.29) is 82.6 Å². The molecule has 2 aromatic heterocycles. The summed E-state index contributed by atoms with van der Waals surface area (Å²) < 4.78 is 0. The van der Waals surface area contributed by atoms with Crippen molar-refractivity contribution >= 4 is 73.4 Å². The van der Waals surface area contributed by atoms with Gasteiger partial charge >= 0.3 is 0 Å². The number of aromatic nitrogens is 2. The van der Waals surface area contributed by atoms with E-state index in [1.807, 2.05) is 56.5 Å². The Hall–Kier alpha value is -0.993. The fourth-order valence-electron chi connectivity index (χ4n) is 2.41. The van der Waals surface area contributed by atoms with Gasteiger partial charge in [-0.05, 0) is 61.4 Å². The molecule has 0 aliphatic carbocycles. The molecule has 2 heterocycles. The predicted molar refractivity (Wildman–Crippen MR) is 132 cm³/mol. The summed E-state index contributed by atoms with van der Waals surface area (Å²) in [6.45, 7) is 4.09. The molecule has 176 valence electrons. The van der Waals surface area contributed by atoms with Gasteiger partial charge < -0.3 is 0 Å². The zero-order chi connectivity index (χ0) is 17.5. The normalized spacial score (nSPS) is 9.23. The molecule has 4 nitrogen and oxygen atoms in total. The number of nitrogens with zero attached hydrogens (tertiary/aromatic N) is 4. The molecule has 0 saturated heterocycles. The monoisotopic (exact) mass is 588 g/mol. The van der Waals surface area contributed by atoms with E-state index >= 15 is 0 Å². The van der Waals surface area contributed by atoms with Gasteiger partial charge in [-0.2, -0.15) is 0 Å². The van der Waals surface area contributed by atoms with Gasteiger partial charge in [0, 0.05) is 63.7 Å². The van der Waals surface area contributed by atoms with Crippen LogP contribution in [0.5, 0.6) is 0 Å². The minimum Gasteiger partial charge on any atom is -0.261 e. The van der Waals surface area contributed by atoms with Crippen molar-refractivity contribution in [1.29, 1.82) is 0 Å². The number of hydrogen-bond acceptors (Lipinski definition) is 4. The van der Waals surface area contributed by atoms with E-state index in [9.17, 15) is 0 Å². The first-order valence-corrected chi connectivity index (χ1v) is 8.21. The van der Waals surface area contributed by atoms with Crippen LogP contribution in [0.15, 0.2) is 70.9 Å². The number of rotatable bonds is 5. The van der Waals surface area contributed by atoms with Crippen LogP contribution < -0.4 is 0 Å². The van der Waals surface area contributed by atoms with E-state index in [1.165, 1.54) is 0 Å². The average Bonchev–Trinajstić information content (AvgIpc) is 2.65. The van der Waals surface area contributed by atoms with Crippen LogP contribution in [0.25, 0.3) is 0 Å². The summed E-state index contributed by atoms with van der Waals surface area (Å²) in [6, 6.07) is 15.8. The SMILES string of the molecule is Cc1cc(N=Cc2ccccn2)c(C)cc1N=CCc1ccccn1.Cl.Cl.Cl.Cl.[Ni].[Ni]. The minimum atomic E-state index is 0. The molecule has 0 aliphatic rings. The molecule has 10 heteroatoms. The van der Waals surface area contributed by atoms with Gasteiger partial charge in [0.05, 0.1) is 23.3 Å². The third kappa shape index (κ3) is 12.0. The van der Waals surface area contributed by atoms with Crippen LogP contribution in [0.1, 0.15) is 22.5 Å². The molecule has 0 fully saturated rings. The Morgan fingerprint density at radius 3 is 1.81 bits per heavy atom. The Morgan fingerprint density at radius 2 is 1.29 bits per heavy atom. The smallest absolute Gasteiger partial charge is 0.0812 e. The van der Waals surface area contributed by atoms with Crippen molar-refractivity contribution in [2.45, 2.75) is 20.3 Å². The van der Waals surface area contributed by atoms with Crippen molar-refractivity contribution in [2.75, 3.05) is 0 Å². The fraction of sp³-hybridized carbons (Fsp3) is 0.143. The van der Waals surface area contributed by atoms with Crippen LogP contribution in [-0.4, -0.2) is 22.4 Å². The summed E-state index contributed by atoms with van der Waals surface area (Å²) in [5, 5.41) is 0. The van der Waals surface area contributed by atoms with Gasteiger partial charge in [0.1, 0.15) is 0 Å². The quantitative estimate of drug-likeness (QED) is 0.252. The second-order valence-corrected chi connectivity index (χ2v) is 5.77. The molecule has 3 rings (SSSR count). The van der Waals surface area contributed by atoms with Gasteiger partial charge in [-0.15, -0.1) is 49.6 Å². The number of hydrogen-bond donors (Lipinski definition) is 0. The largest absolute Gasteiger partial charge is 0.261 e. The minimum absolute atomic E-state index is 0. The average molecular weight is 592 g/mol. The van der Waals surface area contributed by atoms with E-state index in [4.69, 9.17) is 0 Å². The summed E-state index contributed by atoms with van der Waals surface area (Å²) in [4.78, 5) is 17.7. The van der Waals surface area contributed by atoms with Gasteiger partial charge in [0.15, 0.2) is 0 Å². The molecule has 0 radical (unpaired) electrons. The topological polar surface area (TPSA) is 50.5 Å². The second kappa shape index (κ2) is 19.7. The van der Waals surface area contributed by atoms with Crippen LogP contribution in [0.3, 0.4) is 0 Å². The van der Waals surface area contributed by atoms with Crippen LogP contribution in [0.2, 0.25) is 0 Å². The number of aliphatic imine (C=N–C) groups is 2. The summed E-state index contributed by atoms with van der Waals surface area (Å²) in [5.74, 6) is 0. The summed E-state index contributed by atoms with van der Waals surface area (Å²) in [7, 11) is 0. The first-order chi connectivity index (χ1) is 12.2. The Labute approximate surface area is 228 Å². The maximum absolute atomic E-state index is 4.59. The summed E-state index contributed by atoms with van der Waals surface area (Å²) in [5.41, 5.74) is 5.94. The Bertz CT molecular complexity index is 912. The molecule has 0 bridgehead atoms. The summed E-state index contributed by atoms with van der Waals surface area (Å²) in [6.07, 6.45) is 7.97. The molecule has 0 aliphatic heterocycles. The first kappa shape index (κ1) is 37.3. The zero-order valence-corrected chi connectivity index (χ0v) is 21.9. The fourth-order valence-corrected chi connectivity index (χ4v) is 2.41. The van der Waals surface area contributed by atoms with Crippen molar-refractivity contribution in [3.63, 3.8) is 0 Å². The maximum Gasteiger partial charge on any atom is 0.0812 e. The number of halogens is 4. The van der Waals surface area contributed by atoms with Gasteiger partial charge in [-0.1, -0.05) is 12.1 Å². The predicted octanol–water partition coefficient (Wildman–Crippen LogP) is 6.47. The Morgan fingerprint density at radius 1 is 0.742 bits per heavy atom. The molecular weight excluding hydrogens is 567 g/mol. The molecule has 0 spiro atoms. The van der Waals surface area contributed by atoms with Crippen molar-refractivity contribution in [3.8, 4) is 0 Å². The molecule has 0 atom stereocenters. The first-order valence-electron chi connectivity index (χ1n) is 8.21. The van der Waals surface area contributed by atoms with Crippen molar-refractivity contribution in [3.05, 3.63) is 83.4 Å². The number of benzene rings is 1. The van der Waals surface area contributed by atoms with Crippen molar-refractivity contribution in [2.24, 2.45) is 9.98 Å². The third-order valence-corrected chi connectivity index (χ3v) is 3.80. The number of pyridine rings is 2. The molecule has 31 heavy (non-hydrogen) atoms. The molecule has 0 N–H and O–H groups in total. The standard InChI is InChI=1S/C21H20N4.4ClH.2Ni/c1-16-14-21(25-15-19-8-4-6-11-23-19)17(2)13-20(16)24-12-9-18-7-3-5-10-22-18;;;;;;/h3-8,10-15H,9H2,1-2H3;4*1H;;.